The number of pyridine rings is 2. The molecule has 8 heteroatoms. The minimum absolute atomic E-state index is 0.361. The third-order valence-electron chi connectivity index (χ3n) is 5.10. The predicted molar refractivity (Wildman–Crippen MR) is 129 cm³/mol. The number of hydrogen-bond acceptors (Lipinski definition) is 6. The summed E-state index contributed by atoms with van der Waals surface area (Å²) in [6.07, 6.45) is 1.31. The summed E-state index contributed by atoms with van der Waals surface area (Å²) < 4.78 is 7.02. The Bertz CT molecular complexity index is 1410. The van der Waals surface area contributed by atoms with Crippen molar-refractivity contribution < 1.29 is 9.53 Å². The summed E-state index contributed by atoms with van der Waals surface area (Å²) >= 11 is 0. The molecular formula is C26H26N6O2. The van der Waals surface area contributed by atoms with Gasteiger partial charge in [0.1, 0.15) is 5.60 Å². The number of amides is 1. The van der Waals surface area contributed by atoms with Gasteiger partial charge in [0.25, 0.3) is 0 Å². The van der Waals surface area contributed by atoms with E-state index in [9.17, 15) is 10.1 Å². The number of nitrogens with zero attached hydrogens (tertiary/aromatic N) is 5. The lowest BCUT2D eigenvalue weighted by Gasteiger charge is -2.22. The molecule has 1 amide bonds. The molecule has 3 aromatic heterocycles. The van der Waals surface area contributed by atoms with Gasteiger partial charge in [-0.05, 0) is 71.0 Å². The number of carbonyl (C=O) groups is 1. The number of aromatic nitrogens is 4. The van der Waals surface area contributed by atoms with Gasteiger partial charge in [-0.2, -0.15) is 10.4 Å². The lowest BCUT2D eigenvalue weighted by atomic mass is 10.0. The van der Waals surface area contributed by atoms with E-state index in [1.54, 1.807) is 10.7 Å². The van der Waals surface area contributed by atoms with Crippen molar-refractivity contribution in [3.05, 3.63) is 71.7 Å². The molecule has 4 rings (SSSR count). The van der Waals surface area contributed by atoms with Crippen LogP contribution < -0.4 is 5.32 Å². The maximum atomic E-state index is 12.2. The summed E-state index contributed by atoms with van der Waals surface area (Å²) in [4.78, 5) is 21.4. The minimum Gasteiger partial charge on any atom is -0.444 e. The SMILES string of the molecule is Cc1cccc(-n2cc3c(C#N)cc(-c4cccc(C(C)NC(=O)OC(C)(C)C)n4)cc3n2)n1. The second kappa shape index (κ2) is 8.94. The van der Waals surface area contributed by atoms with E-state index in [1.807, 2.05) is 83.3 Å². The van der Waals surface area contributed by atoms with E-state index in [4.69, 9.17) is 9.72 Å². The molecule has 1 unspecified atom stereocenters. The number of benzene rings is 1. The molecule has 4 aromatic rings. The molecule has 3 heterocycles. The minimum atomic E-state index is -0.584. The van der Waals surface area contributed by atoms with Crippen LogP contribution in [0.5, 0.6) is 0 Å². The largest absolute Gasteiger partial charge is 0.444 e. The topological polar surface area (TPSA) is 106 Å². The molecule has 0 bridgehead atoms. The zero-order valence-corrected chi connectivity index (χ0v) is 19.8. The first-order valence-electron chi connectivity index (χ1n) is 11.0. The molecule has 1 N–H and O–H groups in total. The smallest absolute Gasteiger partial charge is 0.408 e. The van der Waals surface area contributed by atoms with Gasteiger partial charge in [0.15, 0.2) is 5.82 Å². The lowest BCUT2D eigenvalue weighted by molar-refractivity contribution is 0.0507. The highest BCUT2D eigenvalue weighted by Crippen LogP contribution is 2.27. The molecule has 0 aliphatic heterocycles. The van der Waals surface area contributed by atoms with E-state index < -0.39 is 11.7 Å². The highest BCUT2D eigenvalue weighted by molar-refractivity contribution is 5.89. The molecular weight excluding hydrogens is 428 g/mol. The highest BCUT2D eigenvalue weighted by atomic mass is 16.6. The average Bonchev–Trinajstić information content (AvgIpc) is 3.21. The fourth-order valence-corrected chi connectivity index (χ4v) is 3.55. The Kier molecular flexibility index (Phi) is 6.03. The summed E-state index contributed by atoms with van der Waals surface area (Å²) in [7, 11) is 0. The maximum absolute atomic E-state index is 12.2. The Balaban J connectivity index is 1.67. The summed E-state index contributed by atoms with van der Waals surface area (Å²) in [6.45, 7) is 9.21. The van der Waals surface area contributed by atoms with Gasteiger partial charge in [-0.3, -0.25) is 4.98 Å². The number of alkyl carbamates (subject to hydrolysis) is 1. The predicted octanol–water partition coefficient (Wildman–Crippen LogP) is 5.25. The van der Waals surface area contributed by atoms with E-state index >= 15 is 0 Å². The van der Waals surface area contributed by atoms with Crippen LogP contribution in [0.1, 0.15) is 50.7 Å². The van der Waals surface area contributed by atoms with Crippen LogP contribution in [0.25, 0.3) is 28.0 Å². The summed E-state index contributed by atoms with van der Waals surface area (Å²) in [5.74, 6) is 0.684. The van der Waals surface area contributed by atoms with Crippen LogP contribution in [-0.2, 0) is 4.74 Å². The lowest BCUT2D eigenvalue weighted by Crippen LogP contribution is -2.34. The quantitative estimate of drug-likeness (QED) is 0.451. The molecule has 0 radical (unpaired) electrons. The number of nitrogens with one attached hydrogen (secondary N) is 1. The van der Waals surface area contributed by atoms with Crippen LogP contribution in [0.2, 0.25) is 0 Å². The highest BCUT2D eigenvalue weighted by Gasteiger charge is 2.19. The molecule has 0 aliphatic rings. The Morgan fingerprint density at radius 1 is 1.15 bits per heavy atom. The van der Waals surface area contributed by atoms with Crippen LogP contribution in [-0.4, -0.2) is 31.4 Å². The van der Waals surface area contributed by atoms with Crippen molar-refractivity contribution in [1.29, 1.82) is 5.26 Å². The second-order valence-electron chi connectivity index (χ2n) is 9.09. The van der Waals surface area contributed by atoms with Gasteiger partial charge in [0.05, 0.1) is 34.6 Å². The molecule has 1 aromatic carbocycles. The normalized spacial score (nSPS) is 12.2. The van der Waals surface area contributed by atoms with E-state index in [0.29, 0.717) is 28.3 Å². The Hall–Kier alpha value is -4.25. The molecule has 0 saturated carbocycles. The fraction of sp³-hybridized carbons (Fsp3) is 0.269. The van der Waals surface area contributed by atoms with Crippen molar-refractivity contribution >= 4 is 17.0 Å². The molecule has 0 aliphatic carbocycles. The van der Waals surface area contributed by atoms with Crippen molar-refractivity contribution in [2.45, 2.75) is 46.3 Å². The maximum Gasteiger partial charge on any atom is 0.408 e. The number of hydrogen-bond donors (Lipinski definition) is 1. The molecule has 1 atom stereocenters. The number of ether oxygens (including phenoxy) is 1. The van der Waals surface area contributed by atoms with Crippen molar-refractivity contribution in [3.8, 4) is 23.1 Å². The van der Waals surface area contributed by atoms with Gasteiger partial charge in [-0.25, -0.2) is 14.5 Å². The first-order chi connectivity index (χ1) is 16.1. The standard InChI is InChI=1S/C26H26N6O2/c1-16-8-6-11-24(28-16)32-15-20-19(14-27)12-18(13-23(20)31-32)22-10-7-9-21(30-22)17(2)29-25(33)34-26(3,4)5/h6-13,15,17H,1-5H3,(H,29,33). The molecule has 34 heavy (non-hydrogen) atoms. The third-order valence-corrected chi connectivity index (χ3v) is 5.10. The van der Waals surface area contributed by atoms with Crippen LogP contribution in [0.4, 0.5) is 4.79 Å². The Labute approximate surface area is 198 Å². The Morgan fingerprint density at radius 3 is 2.62 bits per heavy atom. The van der Waals surface area contributed by atoms with Gasteiger partial charge in [0, 0.05) is 22.8 Å². The number of fused-ring (bicyclic) bond motifs is 1. The van der Waals surface area contributed by atoms with Gasteiger partial charge < -0.3 is 10.1 Å². The molecule has 8 nitrogen and oxygen atoms in total. The summed E-state index contributed by atoms with van der Waals surface area (Å²) in [5.41, 5.74) is 3.59. The van der Waals surface area contributed by atoms with Crippen LogP contribution in [0, 0.1) is 18.3 Å². The number of rotatable bonds is 4. The molecule has 172 valence electrons. The zero-order chi connectivity index (χ0) is 24.5. The van der Waals surface area contributed by atoms with E-state index in [2.05, 4.69) is 21.5 Å². The van der Waals surface area contributed by atoms with Gasteiger partial charge >= 0.3 is 6.09 Å². The van der Waals surface area contributed by atoms with Gasteiger partial charge in [0.2, 0.25) is 0 Å². The van der Waals surface area contributed by atoms with Gasteiger partial charge in [-0.15, -0.1) is 0 Å². The third kappa shape index (κ3) is 5.04. The second-order valence-corrected chi connectivity index (χ2v) is 9.09. The Morgan fingerprint density at radius 2 is 1.91 bits per heavy atom. The van der Waals surface area contributed by atoms with Crippen molar-refractivity contribution in [2.24, 2.45) is 0 Å². The fourth-order valence-electron chi connectivity index (χ4n) is 3.55. The first-order valence-corrected chi connectivity index (χ1v) is 11.0. The zero-order valence-electron chi connectivity index (χ0n) is 19.8. The van der Waals surface area contributed by atoms with Crippen molar-refractivity contribution in [2.75, 3.05) is 0 Å². The van der Waals surface area contributed by atoms with E-state index in [0.717, 1.165) is 16.6 Å². The molecule has 0 fully saturated rings. The monoisotopic (exact) mass is 454 g/mol. The first kappa shape index (κ1) is 22.9. The van der Waals surface area contributed by atoms with E-state index in [1.165, 1.54) is 0 Å². The summed E-state index contributed by atoms with van der Waals surface area (Å²) in [5, 5.41) is 18.0. The van der Waals surface area contributed by atoms with Crippen LogP contribution in [0.3, 0.4) is 0 Å². The van der Waals surface area contributed by atoms with Gasteiger partial charge in [-0.1, -0.05) is 12.1 Å². The van der Waals surface area contributed by atoms with E-state index in [-0.39, 0.29) is 6.04 Å². The van der Waals surface area contributed by atoms with Crippen LogP contribution >= 0.6 is 0 Å². The van der Waals surface area contributed by atoms with Crippen LogP contribution in [0.15, 0.2) is 54.7 Å². The molecule has 0 saturated heterocycles. The average molecular weight is 455 g/mol. The van der Waals surface area contributed by atoms with Crippen molar-refractivity contribution in [1.82, 2.24) is 25.1 Å². The molecule has 0 spiro atoms. The number of carbonyl (C=O) groups excluding carboxylic acids is 1. The number of nitriles is 1. The van der Waals surface area contributed by atoms with Crippen molar-refractivity contribution in [3.63, 3.8) is 0 Å². The number of aryl methyl sites for hydroxylation is 1. The summed E-state index contributed by atoms with van der Waals surface area (Å²) in [6, 6.07) is 16.9.